The van der Waals surface area contributed by atoms with Gasteiger partial charge in [-0.1, -0.05) is 58.3 Å². The van der Waals surface area contributed by atoms with Crippen LogP contribution in [-0.2, 0) is 4.79 Å². The van der Waals surface area contributed by atoms with Crippen LogP contribution in [0.15, 0.2) is 17.2 Å². The van der Waals surface area contributed by atoms with E-state index in [1.165, 1.54) is 44.9 Å². The second-order valence-electron chi connectivity index (χ2n) is 6.80. The Labute approximate surface area is 169 Å². The van der Waals surface area contributed by atoms with Gasteiger partial charge >= 0.3 is 0 Å². The van der Waals surface area contributed by atoms with E-state index in [1.54, 1.807) is 39.7 Å². The number of carbonyl (C=O) groups excluding carboxylic acids is 1. The van der Waals surface area contributed by atoms with Crippen LogP contribution < -0.4 is 19.6 Å². The Kier molecular flexibility index (Phi) is 12.6. The zero-order chi connectivity index (χ0) is 20.6. The number of rotatable bonds is 15. The minimum absolute atomic E-state index is 0.0707. The van der Waals surface area contributed by atoms with Crippen LogP contribution in [0.25, 0.3) is 0 Å². The maximum Gasteiger partial charge on any atom is 0.240 e. The summed E-state index contributed by atoms with van der Waals surface area (Å²) < 4.78 is 16.0. The van der Waals surface area contributed by atoms with E-state index in [4.69, 9.17) is 14.2 Å². The first-order chi connectivity index (χ1) is 13.7. The van der Waals surface area contributed by atoms with Gasteiger partial charge in [0.05, 0.1) is 27.5 Å². The molecule has 0 bridgehead atoms. The van der Waals surface area contributed by atoms with Crippen molar-refractivity contribution < 1.29 is 19.0 Å². The topological polar surface area (TPSA) is 69.2 Å². The molecule has 0 spiro atoms. The SMILES string of the molecule is CCCCCCCCCCCC(=O)N/N=C/c1ccc(OC)c(OC)c1OC. The van der Waals surface area contributed by atoms with Crippen molar-refractivity contribution in [3.05, 3.63) is 17.7 Å². The van der Waals surface area contributed by atoms with Gasteiger partial charge in [-0.3, -0.25) is 4.79 Å². The Morgan fingerprint density at radius 1 is 0.893 bits per heavy atom. The van der Waals surface area contributed by atoms with Crippen molar-refractivity contribution in [2.45, 2.75) is 71.1 Å². The van der Waals surface area contributed by atoms with Crippen LogP contribution in [0.1, 0.15) is 76.7 Å². The molecule has 1 rings (SSSR count). The monoisotopic (exact) mass is 392 g/mol. The van der Waals surface area contributed by atoms with Crippen molar-refractivity contribution in [3.8, 4) is 17.2 Å². The molecule has 1 N–H and O–H groups in total. The number of hydrogen-bond donors (Lipinski definition) is 1. The largest absolute Gasteiger partial charge is 0.493 e. The fourth-order valence-corrected chi connectivity index (χ4v) is 3.05. The highest BCUT2D eigenvalue weighted by atomic mass is 16.5. The van der Waals surface area contributed by atoms with Gasteiger partial charge in [-0.05, 0) is 18.6 Å². The quantitative estimate of drug-likeness (QED) is 0.257. The first-order valence-corrected chi connectivity index (χ1v) is 10.3. The fraction of sp³-hybridized carbons (Fsp3) is 0.636. The van der Waals surface area contributed by atoms with Gasteiger partial charge in [0, 0.05) is 12.0 Å². The fourth-order valence-electron chi connectivity index (χ4n) is 3.05. The second kappa shape index (κ2) is 14.8. The Balaban J connectivity index is 2.32. The molecular formula is C22H36N2O4. The van der Waals surface area contributed by atoms with E-state index in [-0.39, 0.29) is 5.91 Å². The summed E-state index contributed by atoms with van der Waals surface area (Å²) in [5.74, 6) is 1.51. The first kappa shape index (κ1) is 23.8. The van der Waals surface area contributed by atoms with Gasteiger partial charge in [-0.25, -0.2) is 5.43 Å². The van der Waals surface area contributed by atoms with E-state index in [2.05, 4.69) is 17.5 Å². The summed E-state index contributed by atoms with van der Waals surface area (Å²) in [5.41, 5.74) is 3.27. The highest BCUT2D eigenvalue weighted by molar-refractivity contribution is 5.87. The zero-order valence-electron chi connectivity index (χ0n) is 17.9. The lowest BCUT2D eigenvalue weighted by Crippen LogP contribution is -2.17. The highest BCUT2D eigenvalue weighted by Gasteiger charge is 2.14. The van der Waals surface area contributed by atoms with Crippen molar-refractivity contribution >= 4 is 12.1 Å². The summed E-state index contributed by atoms with van der Waals surface area (Å²) in [7, 11) is 4.67. The molecule has 158 valence electrons. The third kappa shape index (κ3) is 8.63. The molecule has 1 aromatic rings. The molecule has 0 saturated carbocycles. The van der Waals surface area contributed by atoms with E-state index in [1.807, 2.05) is 0 Å². The molecule has 0 unspecified atom stereocenters. The van der Waals surface area contributed by atoms with Gasteiger partial charge in [-0.2, -0.15) is 5.10 Å². The van der Waals surface area contributed by atoms with Crippen molar-refractivity contribution in [1.29, 1.82) is 0 Å². The summed E-state index contributed by atoms with van der Waals surface area (Å²) in [6.45, 7) is 2.24. The number of hydrogen-bond acceptors (Lipinski definition) is 5. The van der Waals surface area contributed by atoms with E-state index in [0.29, 0.717) is 29.2 Å². The van der Waals surface area contributed by atoms with Gasteiger partial charge in [0.25, 0.3) is 0 Å². The first-order valence-electron chi connectivity index (χ1n) is 10.3. The van der Waals surface area contributed by atoms with E-state index in [9.17, 15) is 4.79 Å². The molecule has 0 radical (unpaired) electrons. The normalized spacial score (nSPS) is 10.9. The predicted molar refractivity (Wildman–Crippen MR) is 114 cm³/mol. The molecule has 6 nitrogen and oxygen atoms in total. The lowest BCUT2D eigenvalue weighted by Gasteiger charge is -2.13. The summed E-state index contributed by atoms with van der Waals surface area (Å²) in [6, 6.07) is 3.57. The molecule has 6 heteroatoms. The van der Waals surface area contributed by atoms with Gasteiger partial charge < -0.3 is 14.2 Å². The summed E-state index contributed by atoms with van der Waals surface area (Å²) in [4.78, 5) is 11.9. The molecule has 1 amide bonds. The number of methoxy groups -OCH3 is 3. The second-order valence-corrected chi connectivity index (χ2v) is 6.80. The van der Waals surface area contributed by atoms with Crippen LogP contribution in [0.2, 0.25) is 0 Å². The van der Waals surface area contributed by atoms with Crippen molar-refractivity contribution in [2.75, 3.05) is 21.3 Å². The number of nitrogens with zero attached hydrogens (tertiary/aromatic N) is 1. The van der Waals surface area contributed by atoms with Crippen LogP contribution in [0, 0.1) is 0 Å². The van der Waals surface area contributed by atoms with Gasteiger partial charge in [0.1, 0.15) is 0 Å². The molecule has 0 atom stereocenters. The number of nitrogens with one attached hydrogen (secondary N) is 1. The number of ether oxygens (including phenoxy) is 3. The zero-order valence-corrected chi connectivity index (χ0v) is 17.9. The molecule has 1 aromatic carbocycles. The van der Waals surface area contributed by atoms with Gasteiger partial charge in [-0.15, -0.1) is 0 Å². The molecule has 0 fully saturated rings. The lowest BCUT2D eigenvalue weighted by atomic mass is 10.1. The maximum atomic E-state index is 11.9. The molecular weight excluding hydrogens is 356 g/mol. The van der Waals surface area contributed by atoms with Crippen molar-refractivity contribution in [2.24, 2.45) is 5.10 Å². The smallest absolute Gasteiger partial charge is 0.240 e. The number of unbranched alkanes of at least 4 members (excludes halogenated alkanes) is 8. The molecule has 0 aliphatic carbocycles. The molecule has 0 aliphatic rings. The Hall–Kier alpha value is -2.24. The minimum atomic E-state index is -0.0707. The number of amides is 1. The predicted octanol–water partition coefficient (Wildman–Crippen LogP) is 5.08. The highest BCUT2D eigenvalue weighted by Crippen LogP contribution is 2.38. The Morgan fingerprint density at radius 3 is 2.07 bits per heavy atom. The maximum absolute atomic E-state index is 11.9. The van der Waals surface area contributed by atoms with Gasteiger partial charge in [0.2, 0.25) is 11.7 Å². The van der Waals surface area contributed by atoms with E-state index in [0.717, 1.165) is 12.8 Å². The summed E-state index contributed by atoms with van der Waals surface area (Å²) in [5, 5.41) is 4.04. The van der Waals surface area contributed by atoms with Crippen LogP contribution >= 0.6 is 0 Å². The van der Waals surface area contributed by atoms with Crippen LogP contribution in [0.5, 0.6) is 17.2 Å². The molecule has 28 heavy (non-hydrogen) atoms. The summed E-state index contributed by atoms with van der Waals surface area (Å²) >= 11 is 0. The van der Waals surface area contributed by atoms with Crippen LogP contribution in [0.4, 0.5) is 0 Å². The van der Waals surface area contributed by atoms with Crippen LogP contribution in [-0.4, -0.2) is 33.5 Å². The standard InChI is InChI=1S/C22H36N2O4/c1-5-6-7-8-9-10-11-12-13-14-20(25)24-23-17-18-15-16-19(26-2)22(28-4)21(18)27-3/h15-17H,5-14H2,1-4H3,(H,24,25)/b23-17+. The lowest BCUT2D eigenvalue weighted by molar-refractivity contribution is -0.121. The van der Waals surface area contributed by atoms with Crippen molar-refractivity contribution in [1.82, 2.24) is 5.43 Å². The van der Waals surface area contributed by atoms with Crippen molar-refractivity contribution in [3.63, 3.8) is 0 Å². The average molecular weight is 393 g/mol. The molecule has 0 aromatic heterocycles. The number of carbonyl (C=O) groups is 1. The third-order valence-electron chi connectivity index (χ3n) is 4.63. The Bertz CT molecular complexity index is 602. The molecule has 0 aliphatic heterocycles. The van der Waals surface area contributed by atoms with Crippen LogP contribution in [0.3, 0.4) is 0 Å². The van der Waals surface area contributed by atoms with E-state index >= 15 is 0 Å². The minimum Gasteiger partial charge on any atom is -0.493 e. The third-order valence-corrected chi connectivity index (χ3v) is 4.63. The Morgan fingerprint density at radius 2 is 1.50 bits per heavy atom. The van der Waals surface area contributed by atoms with E-state index < -0.39 is 0 Å². The molecule has 0 saturated heterocycles. The average Bonchev–Trinajstić information content (AvgIpc) is 2.71. The van der Waals surface area contributed by atoms with Gasteiger partial charge in [0.15, 0.2) is 11.5 Å². The number of benzene rings is 1. The number of hydrazone groups is 1. The molecule has 0 heterocycles. The summed E-state index contributed by atoms with van der Waals surface area (Å²) in [6.07, 6.45) is 13.1.